The Morgan fingerprint density at radius 3 is 2.65 bits per heavy atom. The van der Waals surface area contributed by atoms with Crippen LogP contribution in [0.25, 0.3) is 0 Å². The van der Waals surface area contributed by atoms with Crippen LogP contribution in [-0.2, 0) is 19.2 Å². The van der Waals surface area contributed by atoms with Crippen molar-refractivity contribution >= 4 is 35.4 Å². The number of rotatable bonds is 7. The van der Waals surface area contributed by atoms with Crippen LogP contribution in [-0.4, -0.2) is 58.3 Å². The van der Waals surface area contributed by atoms with Crippen LogP contribution >= 0.6 is 11.8 Å². The van der Waals surface area contributed by atoms with E-state index in [9.17, 15) is 19.2 Å². The van der Waals surface area contributed by atoms with Crippen molar-refractivity contribution in [2.24, 2.45) is 5.41 Å². The summed E-state index contributed by atoms with van der Waals surface area (Å²) < 4.78 is 0. The number of amides is 4. The normalized spacial score (nSPS) is 24.2. The summed E-state index contributed by atoms with van der Waals surface area (Å²) in [7, 11) is 0. The molecule has 0 bridgehead atoms. The largest absolute Gasteiger partial charge is 0.344 e. The molecule has 3 N–H and O–H groups in total. The molecule has 0 spiro atoms. The fraction of sp³-hybridized carbons (Fsp3) is 0.480. The fourth-order valence-electron chi connectivity index (χ4n) is 4.51. The highest BCUT2D eigenvalue weighted by molar-refractivity contribution is 7.99. The van der Waals surface area contributed by atoms with Gasteiger partial charge >= 0.3 is 0 Å². The lowest BCUT2D eigenvalue weighted by Crippen LogP contribution is -2.57. The first-order valence-corrected chi connectivity index (χ1v) is 12.3. The van der Waals surface area contributed by atoms with Gasteiger partial charge in [-0.25, -0.2) is 0 Å². The van der Waals surface area contributed by atoms with E-state index in [1.54, 1.807) is 47.9 Å². The summed E-state index contributed by atoms with van der Waals surface area (Å²) in [5.74, 6) is 1.61. The maximum Gasteiger partial charge on any atom is 0.247 e. The van der Waals surface area contributed by atoms with Crippen LogP contribution in [0.4, 0.5) is 0 Å². The molecule has 0 unspecified atom stereocenters. The number of nitrogens with one attached hydrogen (secondary N) is 3. The summed E-state index contributed by atoms with van der Waals surface area (Å²) in [6, 6.07) is 6.43. The van der Waals surface area contributed by atoms with Gasteiger partial charge in [-0.1, -0.05) is 57.0 Å². The number of benzene rings is 1. The molecule has 1 aromatic carbocycles. The maximum atomic E-state index is 13.7. The summed E-state index contributed by atoms with van der Waals surface area (Å²) in [6.07, 6.45) is 7.78. The number of carbonyl (C=O) groups excluding carboxylic acids is 4. The molecule has 2 fully saturated rings. The van der Waals surface area contributed by atoms with E-state index in [1.165, 1.54) is 6.42 Å². The third-order valence-electron chi connectivity index (χ3n) is 6.17. The van der Waals surface area contributed by atoms with Gasteiger partial charge in [0.2, 0.25) is 23.6 Å². The lowest BCUT2D eigenvalue weighted by atomic mass is 9.83. The van der Waals surface area contributed by atoms with Crippen molar-refractivity contribution in [2.45, 2.75) is 57.1 Å². The summed E-state index contributed by atoms with van der Waals surface area (Å²) in [4.78, 5) is 53.6. The molecule has 2 aliphatic heterocycles. The zero-order valence-electron chi connectivity index (χ0n) is 19.7. The average Bonchev–Trinajstić information content (AvgIpc) is 3.01. The molecular formula is C25H31N4O4S. The Bertz CT molecular complexity index is 975. The van der Waals surface area contributed by atoms with E-state index in [0.29, 0.717) is 24.2 Å². The van der Waals surface area contributed by atoms with E-state index >= 15 is 0 Å². The number of hydrogen-bond donors (Lipinski definition) is 3. The maximum absolute atomic E-state index is 13.7. The van der Waals surface area contributed by atoms with Crippen molar-refractivity contribution < 1.29 is 19.2 Å². The molecule has 0 aliphatic carbocycles. The molecule has 181 valence electrons. The Kier molecular flexibility index (Phi) is 8.26. The molecule has 4 amide bonds. The standard InChI is InChI=1S/C25H31N4O4S/c1-5-13-26-22(31)20(16-10-8-7-9-11-16)28-23(32)21-25(3,4)15-19-29(21)24(33)17(12-14-34-19)27-18(30)6-2/h1,6-11,17,19-21H,12-15H2,2-4H3,(H,26,31)(H,27,30)(H,28,32)/t17-,19-,20-,21+/m0/s1. The van der Waals surface area contributed by atoms with E-state index in [4.69, 9.17) is 6.42 Å². The molecule has 1 aromatic rings. The van der Waals surface area contributed by atoms with Crippen LogP contribution < -0.4 is 16.0 Å². The molecular weight excluding hydrogens is 452 g/mol. The monoisotopic (exact) mass is 483 g/mol. The number of fused-ring (bicyclic) bond motifs is 1. The second kappa shape index (κ2) is 11.0. The minimum atomic E-state index is -0.961. The number of hydrogen-bond acceptors (Lipinski definition) is 5. The Morgan fingerprint density at radius 1 is 1.29 bits per heavy atom. The predicted molar refractivity (Wildman–Crippen MR) is 131 cm³/mol. The van der Waals surface area contributed by atoms with Gasteiger partial charge in [-0.05, 0) is 29.6 Å². The highest BCUT2D eigenvalue weighted by Crippen LogP contribution is 2.46. The van der Waals surface area contributed by atoms with Crippen molar-refractivity contribution in [1.82, 2.24) is 20.9 Å². The molecule has 4 atom stereocenters. The van der Waals surface area contributed by atoms with Crippen molar-refractivity contribution in [3.63, 3.8) is 0 Å². The first kappa shape index (κ1) is 25.6. The van der Waals surface area contributed by atoms with E-state index in [2.05, 4.69) is 21.9 Å². The minimum absolute atomic E-state index is 0.0338. The first-order chi connectivity index (χ1) is 16.2. The third kappa shape index (κ3) is 5.55. The van der Waals surface area contributed by atoms with Gasteiger partial charge < -0.3 is 20.9 Å². The molecule has 2 aliphatic rings. The van der Waals surface area contributed by atoms with E-state index in [-0.39, 0.29) is 23.7 Å². The summed E-state index contributed by atoms with van der Waals surface area (Å²) >= 11 is 1.62. The molecule has 3 rings (SSSR count). The van der Waals surface area contributed by atoms with E-state index < -0.39 is 35.4 Å². The van der Waals surface area contributed by atoms with Crippen molar-refractivity contribution in [1.29, 1.82) is 0 Å². The van der Waals surface area contributed by atoms with E-state index in [0.717, 1.165) is 0 Å². The Hall–Kier alpha value is -2.99. The second-order valence-corrected chi connectivity index (χ2v) is 10.4. The van der Waals surface area contributed by atoms with Gasteiger partial charge in [-0.2, -0.15) is 0 Å². The molecule has 1 radical (unpaired) electrons. The Labute approximate surface area is 205 Å². The van der Waals surface area contributed by atoms with Crippen molar-refractivity contribution in [3.8, 4) is 12.3 Å². The average molecular weight is 484 g/mol. The summed E-state index contributed by atoms with van der Waals surface area (Å²) in [6.45, 7) is 5.54. The molecule has 2 heterocycles. The van der Waals surface area contributed by atoms with Gasteiger partial charge in [0.05, 0.1) is 11.9 Å². The molecule has 34 heavy (non-hydrogen) atoms. The molecule has 2 saturated heterocycles. The lowest BCUT2D eigenvalue weighted by Gasteiger charge is -2.34. The first-order valence-electron chi connectivity index (χ1n) is 11.3. The van der Waals surface area contributed by atoms with Gasteiger partial charge in [-0.15, -0.1) is 18.2 Å². The number of terminal acetylenes is 1. The van der Waals surface area contributed by atoms with E-state index in [1.807, 2.05) is 19.9 Å². The zero-order valence-corrected chi connectivity index (χ0v) is 20.5. The number of carbonyl (C=O) groups is 4. The van der Waals surface area contributed by atoms with Gasteiger partial charge in [0.15, 0.2) is 0 Å². The zero-order chi connectivity index (χ0) is 24.9. The molecule has 0 saturated carbocycles. The quantitative estimate of drug-likeness (QED) is 0.508. The fourth-order valence-corrected chi connectivity index (χ4v) is 6.09. The number of thioether (sulfide) groups is 1. The smallest absolute Gasteiger partial charge is 0.247 e. The topological polar surface area (TPSA) is 108 Å². The highest BCUT2D eigenvalue weighted by atomic mass is 32.2. The highest BCUT2D eigenvalue weighted by Gasteiger charge is 2.54. The van der Waals surface area contributed by atoms with Gasteiger partial charge in [-0.3, -0.25) is 19.2 Å². The minimum Gasteiger partial charge on any atom is -0.344 e. The van der Waals surface area contributed by atoms with Crippen LogP contribution in [0, 0.1) is 24.2 Å². The van der Waals surface area contributed by atoms with Crippen molar-refractivity contribution in [2.75, 3.05) is 12.3 Å². The van der Waals surface area contributed by atoms with Crippen LogP contribution in [0.15, 0.2) is 30.3 Å². The summed E-state index contributed by atoms with van der Waals surface area (Å²) in [5, 5.41) is 8.06. The second-order valence-electron chi connectivity index (χ2n) is 9.08. The Balaban J connectivity index is 1.89. The molecule has 9 heteroatoms. The predicted octanol–water partition coefficient (Wildman–Crippen LogP) is 1.39. The van der Waals surface area contributed by atoms with Crippen LogP contribution in [0.5, 0.6) is 0 Å². The lowest BCUT2D eigenvalue weighted by molar-refractivity contribution is -0.144. The van der Waals surface area contributed by atoms with Crippen LogP contribution in [0.1, 0.15) is 45.2 Å². The molecule has 0 aromatic heterocycles. The SMILES string of the molecule is C#CCNC(=O)[C@@H](NC(=O)[C@H]1N2C(=O)[C@@H](NC(=O)[CH]C)CCS[C@H]2CC1(C)C)c1ccccc1. The molecule has 8 nitrogen and oxygen atoms in total. The van der Waals surface area contributed by atoms with Gasteiger partial charge in [0.25, 0.3) is 0 Å². The Morgan fingerprint density at radius 2 is 2.00 bits per heavy atom. The van der Waals surface area contributed by atoms with Crippen LogP contribution in [0.2, 0.25) is 0 Å². The van der Waals surface area contributed by atoms with Gasteiger partial charge in [0.1, 0.15) is 18.1 Å². The number of nitrogens with zero attached hydrogens (tertiary/aromatic N) is 1. The summed E-state index contributed by atoms with van der Waals surface area (Å²) in [5.41, 5.74) is 0.0781. The van der Waals surface area contributed by atoms with Crippen molar-refractivity contribution in [3.05, 3.63) is 42.3 Å². The third-order valence-corrected chi connectivity index (χ3v) is 7.42. The van der Waals surface area contributed by atoms with Crippen LogP contribution in [0.3, 0.4) is 0 Å². The van der Waals surface area contributed by atoms with Gasteiger partial charge in [0, 0.05) is 6.42 Å².